The van der Waals surface area contributed by atoms with Crippen molar-refractivity contribution in [3.8, 4) is 5.75 Å². The Kier molecular flexibility index (Phi) is 5.48. The van der Waals surface area contributed by atoms with Crippen LogP contribution in [0.5, 0.6) is 5.75 Å². The molecule has 0 spiro atoms. The van der Waals surface area contributed by atoms with Crippen LogP contribution in [-0.4, -0.2) is 47.6 Å². The van der Waals surface area contributed by atoms with Crippen LogP contribution in [0.15, 0.2) is 18.2 Å². The van der Waals surface area contributed by atoms with E-state index in [1.165, 1.54) is 19.2 Å². The molecule has 0 radical (unpaired) electrons. The fourth-order valence-corrected chi connectivity index (χ4v) is 1.61. The van der Waals surface area contributed by atoms with Crippen molar-refractivity contribution in [3.05, 3.63) is 29.3 Å². The SMILES string of the molecule is COC(=O)CC(O)C(O)c1ccc(C(=O)OC)cc1O. The van der Waals surface area contributed by atoms with Gasteiger partial charge in [-0.15, -0.1) is 0 Å². The number of ether oxygens (including phenoxy) is 2. The lowest BCUT2D eigenvalue weighted by atomic mass is 9.99. The molecule has 3 N–H and O–H groups in total. The molecule has 1 aromatic rings. The van der Waals surface area contributed by atoms with E-state index in [9.17, 15) is 24.9 Å². The fraction of sp³-hybridized carbons (Fsp3) is 0.385. The monoisotopic (exact) mass is 284 g/mol. The number of aliphatic hydroxyl groups excluding tert-OH is 2. The number of benzene rings is 1. The van der Waals surface area contributed by atoms with E-state index in [1.54, 1.807) is 0 Å². The van der Waals surface area contributed by atoms with Gasteiger partial charge in [-0.05, 0) is 12.1 Å². The molecule has 7 heteroatoms. The van der Waals surface area contributed by atoms with Crippen molar-refractivity contribution in [3.63, 3.8) is 0 Å². The van der Waals surface area contributed by atoms with Crippen LogP contribution < -0.4 is 0 Å². The van der Waals surface area contributed by atoms with Gasteiger partial charge in [-0.3, -0.25) is 4.79 Å². The zero-order valence-corrected chi connectivity index (χ0v) is 11.1. The van der Waals surface area contributed by atoms with Gasteiger partial charge >= 0.3 is 11.9 Å². The van der Waals surface area contributed by atoms with Crippen LogP contribution in [-0.2, 0) is 14.3 Å². The lowest BCUT2D eigenvalue weighted by molar-refractivity contribution is -0.144. The second kappa shape index (κ2) is 6.88. The van der Waals surface area contributed by atoms with Gasteiger partial charge in [-0.1, -0.05) is 6.07 Å². The highest BCUT2D eigenvalue weighted by molar-refractivity contribution is 5.89. The average Bonchev–Trinajstić information content (AvgIpc) is 2.45. The number of carbonyl (C=O) groups is 2. The summed E-state index contributed by atoms with van der Waals surface area (Å²) in [4.78, 5) is 22.3. The Morgan fingerprint density at radius 1 is 1.20 bits per heavy atom. The second-order valence-electron chi connectivity index (χ2n) is 4.06. The average molecular weight is 284 g/mol. The third-order valence-corrected chi connectivity index (χ3v) is 2.74. The Morgan fingerprint density at radius 3 is 2.35 bits per heavy atom. The van der Waals surface area contributed by atoms with E-state index < -0.39 is 30.6 Å². The molecule has 110 valence electrons. The van der Waals surface area contributed by atoms with E-state index >= 15 is 0 Å². The molecular formula is C13H16O7. The van der Waals surface area contributed by atoms with Gasteiger partial charge in [-0.2, -0.15) is 0 Å². The van der Waals surface area contributed by atoms with Gasteiger partial charge in [0.15, 0.2) is 0 Å². The predicted molar refractivity (Wildman–Crippen MR) is 67.0 cm³/mol. The number of rotatable bonds is 5. The molecule has 1 rings (SSSR count). The van der Waals surface area contributed by atoms with Gasteiger partial charge < -0.3 is 24.8 Å². The maximum atomic E-state index is 11.3. The summed E-state index contributed by atoms with van der Waals surface area (Å²) in [5, 5.41) is 29.3. The van der Waals surface area contributed by atoms with Gasteiger partial charge in [0.25, 0.3) is 0 Å². The normalized spacial score (nSPS) is 13.4. The Bertz CT molecular complexity index is 497. The lowest BCUT2D eigenvalue weighted by Gasteiger charge is -2.18. The summed E-state index contributed by atoms with van der Waals surface area (Å²) >= 11 is 0. The minimum absolute atomic E-state index is 0.00550. The number of aromatic hydroxyl groups is 1. The molecule has 0 heterocycles. The molecule has 0 aromatic heterocycles. The lowest BCUT2D eigenvalue weighted by Crippen LogP contribution is -2.22. The number of hydrogen-bond donors (Lipinski definition) is 3. The molecule has 20 heavy (non-hydrogen) atoms. The quantitative estimate of drug-likeness (QED) is 0.659. The molecule has 0 fully saturated rings. The van der Waals surface area contributed by atoms with Crippen LogP contribution in [0.4, 0.5) is 0 Å². The maximum Gasteiger partial charge on any atom is 0.337 e. The summed E-state index contributed by atoms with van der Waals surface area (Å²) in [6.07, 6.45) is -3.34. The summed E-state index contributed by atoms with van der Waals surface area (Å²) in [6.45, 7) is 0. The summed E-state index contributed by atoms with van der Waals surface area (Å²) in [6, 6.07) is 3.71. The highest BCUT2D eigenvalue weighted by Gasteiger charge is 2.24. The number of carbonyl (C=O) groups excluding carboxylic acids is 2. The first kappa shape index (κ1) is 15.9. The van der Waals surface area contributed by atoms with Crippen LogP contribution in [0, 0.1) is 0 Å². The molecule has 0 saturated heterocycles. The molecule has 0 saturated carbocycles. The number of esters is 2. The van der Waals surface area contributed by atoms with E-state index in [1.807, 2.05) is 0 Å². The molecule has 0 bridgehead atoms. The van der Waals surface area contributed by atoms with Crippen molar-refractivity contribution in [1.82, 2.24) is 0 Å². The zero-order chi connectivity index (χ0) is 15.3. The van der Waals surface area contributed by atoms with Crippen molar-refractivity contribution >= 4 is 11.9 Å². The molecule has 2 unspecified atom stereocenters. The third-order valence-electron chi connectivity index (χ3n) is 2.74. The topological polar surface area (TPSA) is 113 Å². The first-order chi connectivity index (χ1) is 9.40. The largest absolute Gasteiger partial charge is 0.508 e. The number of phenols is 1. The van der Waals surface area contributed by atoms with Crippen LogP contribution in [0.25, 0.3) is 0 Å². The highest BCUT2D eigenvalue weighted by atomic mass is 16.5. The van der Waals surface area contributed by atoms with Crippen molar-refractivity contribution in [2.45, 2.75) is 18.6 Å². The van der Waals surface area contributed by atoms with E-state index in [4.69, 9.17) is 0 Å². The maximum absolute atomic E-state index is 11.3. The van der Waals surface area contributed by atoms with E-state index in [2.05, 4.69) is 9.47 Å². The van der Waals surface area contributed by atoms with Gasteiger partial charge in [-0.25, -0.2) is 4.79 Å². The van der Waals surface area contributed by atoms with Crippen molar-refractivity contribution < 1.29 is 34.4 Å². The first-order valence-electron chi connectivity index (χ1n) is 5.74. The van der Waals surface area contributed by atoms with E-state index in [-0.39, 0.29) is 16.9 Å². The molecule has 2 atom stereocenters. The number of methoxy groups -OCH3 is 2. The Morgan fingerprint density at radius 2 is 1.85 bits per heavy atom. The van der Waals surface area contributed by atoms with Gasteiger partial charge in [0, 0.05) is 5.56 Å². The number of phenolic OH excluding ortho intramolecular Hbond substituents is 1. The summed E-state index contributed by atoms with van der Waals surface area (Å²) in [7, 11) is 2.35. The van der Waals surface area contributed by atoms with E-state index in [0.29, 0.717) is 0 Å². The fourth-order valence-electron chi connectivity index (χ4n) is 1.61. The number of aliphatic hydroxyl groups is 2. The minimum atomic E-state index is -1.49. The minimum Gasteiger partial charge on any atom is -0.508 e. The Balaban J connectivity index is 2.91. The summed E-state index contributed by atoms with van der Waals surface area (Å²) in [5.74, 6) is -1.72. The van der Waals surface area contributed by atoms with Crippen molar-refractivity contribution in [2.24, 2.45) is 0 Å². The van der Waals surface area contributed by atoms with Gasteiger partial charge in [0.2, 0.25) is 0 Å². The van der Waals surface area contributed by atoms with Crippen LogP contribution in [0.1, 0.15) is 28.4 Å². The van der Waals surface area contributed by atoms with E-state index in [0.717, 1.165) is 13.2 Å². The van der Waals surface area contributed by atoms with Crippen molar-refractivity contribution in [2.75, 3.05) is 14.2 Å². The smallest absolute Gasteiger partial charge is 0.337 e. The molecule has 0 amide bonds. The second-order valence-corrected chi connectivity index (χ2v) is 4.06. The molecule has 0 aliphatic heterocycles. The first-order valence-corrected chi connectivity index (χ1v) is 5.74. The van der Waals surface area contributed by atoms with Gasteiger partial charge in [0.05, 0.1) is 32.3 Å². The third kappa shape index (κ3) is 3.69. The summed E-state index contributed by atoms with van der Waals surface area (Å²) in [5.41, 5.74) is 0.0949. The molecule has 7 nitrogen and oxygen atoms in total. The molecular weight excluding hydrogens is 268 g/mol. The van der Waals surface area contributed by atoms with Crippen LogP contribution in [0.3, 0.4) is 0 Å². The van der Waals surface area contributed by atoms with Crippen LogP contribution in [0.2, 0.25) is 0 Å². The zero-order valence-electron chi connectivity index (χ0n) is 11.1. The van der Waals surface area contributed by atoms with Gasteiger partial charge in [0.1, 0.15) is 11.9 Å². The molecule has 0 aliphatic carbocycles. The summed E-state index contributed by atoms with van der Waals surface area (Å²) < 4.78 is 8.85. The molecule has 1 aromatic carbocycles. The predicted octanol–water partition coefficient (Wildman–Crippen LogP) is 0.136. The standard InChI is InChI=1S/C13H16O7/c1-19-11(16)6-10(15)12(17)8-4-3-7(5-9(8)14)13(18)20-2/h3-5,10,12,14-15,17H,6H2,1-2H3. The van der Waals surface area contributed by atoms with Crippen LogP contribution >= 0.6 is 0 Å². The Hall–Kier alpha value is -2.12. The Labute approximate surface area is 115 Å². The van der Waals surface area contributed by atoms with Crippen molar-refractivity contribution in [1.29, 1.82) is 0 Å². The highest BCUT2D eigenvalue weighted by Crippen LogP contribution is 2.28. The molecule has 0 aliphatic rings. The number of hydrogen-bond acceptors (Lipinski definition) is 7.